The minimum Gasteiger partial charge on any atom is -0.324 e. The topological polar surface area (TPSA) is 93.1 Å². The molecule has 0 fully saturated rings. The molecule has 0 saturated carbocycles. The number of thiophene rings is 1. The molecule has 2 aromatic heterocycles. The van der Waals surface area contributed by atoms with E-state index >= 15 is 0 Å². The van der Waals surface area contributed by atoms with Crippen LogP contribution in [-0.2, 0) is 11.2 Å². The molecule has 0 bridgehead atoms. The Kier molecular flexibility index (Phi) is 6.88. The maximum absolute atomic E-state index is 13.4. The van der Waals surface area contributed by atoms with Gasteiger partial charge >= 0.3 is 0 Å². The van der Waals surface area contributed by atoms with Gasteiger partial charge in [-0.25, -0.2) is 4.98 Å². The lowest BCUT2D eigenvalue weighted by Gasteiger charge is -2.17. The van der Waals surface area contributed by atoms with Crippen molar-refractivity contribution in [3.63, 3.8) is 0 Å². The standard InChI is InChI=1S/C26H26N4O3S/c1-4-17-11-13-19(14-12-17)28-23(31)20(5-2)30-15-27-25-21(26(30)33)16(3)22(34-25)24(32)29-18-9-7-6-8-10-18/h6-15,20H,4-5H2,1-3H3,(H,28,31)(H,29,32). The van der Waals surface area contributed by atoms with Crippen LogP contribution in [0.1, 0.15) is 47.1 Å². The maximum Gasteiger partial charge on any atom is 0.266 e. The van der Waals surface area contributed by atoms with Gasteiger partial charge in [0, 0.05) is 11.4 Å². The third-order valence-corrected chi connectivity index (χ3v) is 6.97. The first-order valence-corrected chi connectivity index (χ1v) is 12.0. The van der Waals surface area contributed by atoms with Crippen molar-refractivity contribution in [2.75, 3.05) is 10.6 Å². The van der Waals surface area contributed by atoms with Crippen LogP contribution in [0.15, 0.2) is 65.7 Å². The van der Waals surface area contributed by atoms with E-state index < -0.39 is 6.04 Å². The van der Waals surface area contributed by atoms with Crippen molar-refractivity contribution in [2.45, 2.75) is 39.7 Å². The molecule has 174 valence electrons. The molecule has 4 aromatic rings. The van der Waals surface area contributed by atoms with Gasteiger partial charge in [-0.05, 0) is 55.2 Å². The second-order valence-corrected chi connectivity index (χ2v) is 8.98. The highest BCUT2D eigenvalue weighted by atomic mass is 32.1. The Morgan fingerprint density at radius 1 is 1.00 bits per heavy atom. The van der Waals surface area contributed by atoms with Gasteiger partial charge in [0.1, 0.15) is 10.9 Å². The van der Waals surface area contributed by atoms with E-state index in [9.17, 15) is 14.4 Å². The molecule has 7 nitrogen and oxygen atoms in total. The normalized spacial score (nSPS) is 11.9. The van der Waals surface area contributed by atoms with Gasteiger partial charge in [-0.3, -0.25) is 19.0 Å². The zero-order chi connectivity index (χ0) is 24.2. The third-order valence-electron chi connectivity index (χ3n) is 5.77. The second-order valence-electron chi connectivity index (χ2n) is 7.98. The van der Waals surface area contributed by atoms with Crippen molar-refractivity contribution in [1.29, 1.82) is 0 Å². The van der Waals surface area contributed by atoms with Gasteiger partial charge in [0.15, 0.2) is 0 Å². The van der Waals surface area contributed by atoms with Crippen LogP contribution in [0.5, 0.6) is 0 Å². The minimum absolute atomic E-state index is 0.287. The Balaban J connectivity index is 1.63. The highest BCUT2D eigenvalue weighted by Crippen LogP contribution is 2.28. The van der Waals surface area contributed by atoms with Crippen LogP contribution in [0.3, 0.4) is 0 Å². The van der Waals surface area contributed by atoms with Crippen LogP contribution >= 0.6 is 11.3 Å². The van der Waals surface area contributed by atoms with Gasteiger partial charge in [0.25, 0.3) is 11.5 Å². The molecule has 0 radical (unpaired) electrons. The quantitative estimate of drug-likeness (QED) is 0.386. The lowest BCUT2D eigenvalue weighted by Crippen LogP contribution is -2.33. The fraction of sp³-hybridized carbons (Fsp3) is 0.231. The molecule has 1 unspecified atom stereocenters. The van der Waals surface area contributed by atoms with E-state index in [1.165, 1.54) is 27.8 Å². The number of benzene rings is 2. The van der Waals surface area contributed by atoms with Crippen molar-refractivity contribution >= 4 is 44.7 Å². The number of carbonyl (C=O) groups excluding carboxylic acids is 2. The van der Waals surface area contributed by atoms with E-state index in [-0.39, 0.29) is 17.4 Å². The van der Waals surface area contributed by atoms with Gasteiger partial charge in [-0.1, -0.05) is 44.2 Å². The molecule has 2 heterocycles. The van der Waals surface area contributed by atoms with Crippen LogP contribution in [0, 0.1) is 6.92 Å². The number of hydrogen-bond acceptors (Lipinski definition) is 5. The van der Waals surface area contributed by atoms with E-state index in [0.717, 1.165) is 6.42 Å². The molecule has 2 aromatic carbocycles. The van der Waals surface area contributed by atoms with Gasteiger partial charge in [0.05, 0.1) is 16.6 Å². The molecule has 8 heteroatoms. The number of amides is 2. The third kappa shape index (κ3) is 4.63. The van der Waals surface area contributed by atoms with Crippen molar-refractivity contribution in [3.05, 3.63) is 87.3 Å². The first-order chi connectivity index (χ1) is 16.4. The summed E-state index contributed by atoms with van der Waals surface area (Å²) in [5.41, 5.74) is 2.75. The Hall–Kier alpha value is -3.78. The maximum atomic E-state index is 13.4. The molecule has 0 spiro atoms. The summed E-state index contributed by atoms with van der Waals surface area (Å²) in [6.07, 6.45) is 2.72. The molecule has 1 atom stereocenters. The molecular formula is C26H26N4O3S. The molecule has 0 aliphatic heterocycles. The summed E-state index contributed by atoms with van der Waals surface area (Å²) in [4.78, 5) is 44.6. The molecule has 4 rings (SSSR count). The number of aryl methyl sites for hydroxylation is 2. The molecule has 0 aliphatic rings. The Bertz CT molecular complexity index is 1390. The SMILES string of the molecule is CCc1ccc(NC(=O)C(CC)n2cnc3sc(C(=O)Nc4ccccc4)c(C)c3c2=O)cc1. The molecule has 2 N–H and O–H groups in total. The number of nitrogens with one attached hydrogen (secondary N) is 2. The van der Waals surface area contributed by atoms with Crippen molar-refractivity contribution < 1.29 is 9.59 Å². The van der Waals surface area contributed by atoms with E-state index in [4.69, 9.17) is 0 Å². The van der Waals surface area contributed by atoms with Crippen LogP contribution in [0.4, 0.5) is 11.4 Å². The number of aromatic nitrogens is 2. The zero-order valence-electron chi connectivity index (χ0n) is 19.3. The van der Waals surface area contributed by atoms with Crippen molar-refractivity contribution in [1.82, 2.24) is 9.55 Å². The number of para-hydroxylation sites is 1. The van der Waals surface area contributed by atoms with E-state index in [1.807, 2.05) is 49.4 Å². The Morgan fingerprint density at radius 2 is 1.68 bits per heavy atom. The van der Waals surface area contributed by atoms with Gasteiger partial charge < -0.3 is 10.6 Å². The monoisotopic (exact) mass is 474 g/mol. The Morgan fingerprint density at radius 3 is 2.32 bits per heavy atom. The minimum atomic E-state index is -0.726. The van der Waals surface area contributed by atoms with E-state index in [2.05, 4.69) is 22.5 Å². The summed E-state index contributed by atoms with van der Waals surface area (Å²) >= 11 is 1.17. The summed E-state index contributed by atoms with van der Waals surface area (Å²) < 4.78 is 1.36. The summed E-state index contributed by atoms with van der Waals surface area (Å²) in [7, 11) is 0. The van der Waals surface area contributed by atoms with Crippen LogP contribution < -0.4 is 16.2 Å². The molecular weight excluding hydrogens is 448 g/mol. The summed E-state index contributed by atoms with van der Waals surface area (Å²) in [6.45, 7) is 5.65. The fourth-order valence-electron chi connectivity index (χ4n) is 3.84. The molecule has 0 aliphatic carbocycles. The van der Waals surface area contributed by atoms with Crippen LogP contribution in [0.25, 0.3) is 10.2 Å². The predicted octanol–water partition coefficient (Wildman–Crippen LogP) is 5.17. The van der Waals surface area contributed by atoms with Gasteiger partial charge in [0.2, 0.25) is 5.91 Å². The highest BCUT2D eigenvalue weighted by molar-refractivity contribution is 7.20. The van der Waals surface area contributed by atoms with Crippen molar-refractivity contribution in [2.24, 2.45) is 0 Å². The molecule has 0 saturated heterocycles. The number of hydrogen-bond donors (Lipinski definition) is 2. The summed E-state index contributed by atoms with van der Waals surface area (Å²) in [6, 6.07) is 16.0. The zero-order valence-corrected chi connectivity index (χ0v) is 20.1. The highest BCUT2D eigenvalue weighted by Gasteiger charge is 2.24. The average Bonchev–Trinajstić information content (AvgIpc) is 3.19. The largest absolute Gasteiger partial charge is 0.324 e. The first kappa shape index (κ1) is 23.4. The number of rotatable bonds is 7. The first-order valence-electron chi connectivity index (χ1n) is 11.2. The summed E-state index contributed by atoms with van der Waals surface area (Å²) in [5.74, 6) is -0.581. The molecule has 34 heavy (non-hydrogen) atoms. The summed E-state index contributed by atoms with van der Waals surface area (Å²) in [5, 5.41) is 6.11. The number of anilines is 2. The number of carbonyl (C=O) groups is 2. The number of nitrogens with zero attached hydrogens (tertiary/aromatic N) is 2. The fourth-order valence-corrected chi connectivity index (χ4v) is 4.88. The van der Waals surface area contributed by atoms with Crippen LogP contribution in [0.2, 0.25) is 0 Å². The molecule has 2 amide bonds. The van der Waals surface area contributed by atoms with E-state index in [1.54, 1.807) is 19.1 Å². The average molecular weight is 475 g/mol. The van der Waals surface area contributed by atoms with Crippen molar-refractivity contribution in [3.8, 4) is 0 Å². The lowest BCUT2D eigenvalue weighted by atomic mass is 10.1. The number of fused-ring (bicyclic) bond motifs is 1. The smallest absolute Gasteiger partial charge is 0.266 e. The van der Waals surface area contributed by atoms with Gasteiger partial charge in [-0.15, -0.1) is 11.3 Å². The lowest BCUT2D eigenvalue weighted by molar-refractivity contribution is -0.119. The van der Waals surface area contributed by atoms with Gasteiger partial charge in [-0.2, -0.15) is 0 Å². The second kappa shape index (κ2) is 10.0. The Labute approximate surface area is 201 Å². The van der Waals surface area contributed by atoms with Crippen LogP contribution in [-0.4, -0.2) is 21.4 Å². The predicted molar refractivity (Wildman–Crippen MR) is 137 cm³/mol. The van der Waals surface area contributed by atoms with E-state index in [0.29, 0.717) is 38.5 Å².